The van der Waals surface area contributed by atoms with E-state index in [1.165, 1.54) is 5.56 Å². The molecule has 2 aromatic carbocycles. The van der Waals surface area contributed by atoms with Gasteiger partial charge in [-0.15, -0.1) is 0 Å². The van der Waals surface area contributed by atoms with Crippen molar-refractivity contribution in [2.75, 3.05) is 0 Å². The molecule has 0 spiro atoms. The Bertz CT molecular complexity index is 761. The fourth-order valence-corrected chi connectivity index (χ4v) is 2.57. The number of hydrogen-bond donors (Lipinski definition) is 0. The van der Waals surface area contributed by atoms with Crippen LogP contribution in [0.2, 0.25) is 0 Å². The number of aryl methyl sites for hydroxylation is 1. The summed E-state index contributed by atoms with van der Waals surface area (Å²) in [6.45, 7) is 0. The van der Waals surface area contributed by atoms with Gasteiger partial charge in [0.15, 0.2) is 0 Å². The minimum atomic E-state index is 0.787. The number of aromatic nitrogens is 1. The molecule has 0 N–H and O–H groups in total. The Labute approximate surface area is 112 Å². The Morgan fingerprint density at radius 3 is 2.42 bits per heavy atom. The molecule has 0 fully saturated rings. The molecule has 1 aromatic heterocycles. The van der Waals surface area contributed by atoms with Gasteiger partial charge in [0, 0.05) is 30.1 Å². The van der Waals surface area contributed by atoms with Crippen LogP contribution in [0.3, 0.4) is 0 Å². The van der Waals surface area contributed by atoms with Crippen LogP contribution in [0.4, 0.5) is 0 Å². The van der Waals surface area contributed by atoms with Crippen molar-refractivity contribution >= 4 is 10.9 Å². The lowest BCUT2D eigenvalue weighted by Crippen LogP contribution is -1.99. The maximum absolute atomic E-state index is 9.44. The molecule has 0 aliphatic heterocycles. The molecule has 1 heterocycles. The van der Waals surface area contributed by atoms with E-state index in [0.717, 1.165) is 28.6 Å². The monoisotopic (exact) mass is 246 g/mol. The number of nitrogens with zero attached hydrogens (tertiary/aromatic N) is 2. The van der Waals surface area contributed by atoms with Gasteiger partial charge >= 0.3 is 0 Å². The second-order valence-corrected chi connectivity index (χ2v) is 4.67. The van der Waals surface area contributed by atoms with Crippen LogP contribution in [0.25, 0.3) is 10.9 Å². The molecule has 0 saturated heterocycles. The Hall–Kier alpha value is -2.53. The van der Waals surface area contributed by atoms with Gasteiger partial charge in [0.05, 0.1) is 5.56 Å². The average molecular weight is 246 g/mol. The molecule has 0 aliphatic rings. The van der Waals surface area contributed by atoms with Crippen LogP contribution in [0.15, 0.2) is 54.6 Å². The predicted molar refractivity (Wildman–Crippen MR) is 76.9 cm³/mol. The van der Waals surface area contributed by atoms with Crippen LogP contribution < -0.4 is 0 Å². The van der Waals surface area contributed by atoms with Gasteiger partial charge in [-0.05, 0) is 11.6 Å². The van der Waals surface area contributed by atoms with Gasteiger partial charge in [-0.2, -0.15) is 5.26 Å². The zero-order valence-electron chi connectivity index (χ0n) is 10.8. The molecule has 92 valence electrons. The molecule has 0 atom stereocenters. The zero-order valence-corrected chi connectivity index (χ0v) is 10.8. The third-order valence-corrected chi connectivity index (χ3v) is 3.55. The van der Waals surface area contributed by atoms with E-state index in [9.17, 15) is 5.26 Å². The number of para-hydroxylation sites is 1. The Balaban J connectivity index is 2.19. The first-order valence-corrected chi connectivity index (χ1v) is 6.31. The van der Waals surface area contributed by atoms with Gasteiger partial charge in [-0.1, -0.05) is 48.5 Å². The summed E-state index contributed by atoms with van der Waals surface area (Å²) in [5.74, 6) is 0. The summed E-state index contributed by atoms with van der Waals surface area (Å²) in [4.78, 5) is 0. The molecule has 0 bridgehead atoms. The largest absolute Gasteiger partial charge is 0.346 e. The topological polar surface area (TPSA) is 28.7 Å². The van der Waals surface area contributed by atoms with Crippen LogP contribution in [0.5, 0.6) is 0 Å². The second-order valence-electron chi connectivity index (χ2n) is 4.67. The lowest BCUT2D eigenvalue weighted by molar-refractivity contribution is 0.877. The van der Waals surface area contributed by atoms with E-state index >= 15 is 0 Å². The molecule has 3 aromatic rings. The summed E-state index contributed by atoms with van der Waals surface area (Å²) in [5.41, 5.74) is 4.21. The Kier molecular flexibility index (Phi) is 2.81. The molecular weight excluding hydrogens is 232 g/mol. The quantitative estimate of drug-likeness (QED) is 0.678. The first-order valence-electron chi connectivity index (χ1n) is 6.31. The molecule has 19 heavy (non-hydrogen) atoms. The SMILES string of the molecule is Cn1c(Cc2ccccc2)c(C#N)c2ccccc21. The number of rotatable bonds is 2. The van der Waals surface area contributed by atoms with Crippen molar-refractivity contribution in [1.29, 1.82) is 5.26 Å². The molecule has 0 aliphatic carbocycles. The number of nitriles is 1. The van der Waals surface area contributed by atoms with E-state index in [0.29, 0.717) is 0 Å². The minimum Gasteiger partial charge on any atom is -0.346 e. The molecule has 0 saturated carbocycles. The lowest BCUT2D eigenvalue weighted by atomic mass is 10.1. The highest BCUT2D eigenvalue weighted by atomic mass is 14.9. The predicted octanol–water partition coefficient (Wildman–Crippen LogP) is 3.64. The summed E-state index contributed by atoms with van der Waals surface area (Å²) in [7, 11) is 2.03. The van der Waals surface area contributed by atoms with Crippen molar-refractivity contribution in [3.05, 3.63) is 71.4 Å². The highest BCUT2D eigenvalue weighted by Crippen LogP contribution is 2.26. The summed E-state index contributed by atoms with van der Waals surface area (Å²) in [6, 6.07) is 20.7. The third-order valence-electron chi connectivity index (χ3n) is 3.55. The highest BCUT2D eigenvalue weighted by Gasteiger charge is 2.14. The molecule has 0 amide bonds. The maximum atomic E-state index is 9.44. The summed E-state index contributed by atoms with van der Waals surface area (Å²) in [6.07, 6.45) is 0.787. The first-order chi connectivity index (χ1) is 9.31. The van der Waals surface area contributed by atoms with Crippen LogP contribution in [0, 0.1) is 11.3 Å². The summed E-state index contributed by atoms with van der Waals surface area (Å²) >= 11 is 0. The van der Waals surface area contributed by atoms with E-state index in [2.05, 4.69) is 28.8 Å². The van der Waals surface area contributed by atoms with Crippen molar-refractivity contribution in [1.82, 2.24) is 4.57 Å². The van der Waals surface area contributed by atoms with Crippen molar-refractivity contribution in [3.63, 3.8) is 0 Å². The number of benzene rings is 2. The van der Waals surface area contributed by atoms with Crippen LogP contribution >= 0.6 is 0 Å². The van der Waals surface area contributed by atoms with Gasteiger partial charge in [-0.25, -0.2) is 0 Å². The van der Waals surface area contributed by atoms with E-state index in [1.54, 1.807) is 0 Å². The average Bonchev–Trinajstić information content (AvgIpc) is 2.73. The van der Waals surface area contributed by atoms with E-state index in [-0.39, 0.29) is 0 Å². The van der Waals surface area contributed by atoms with Crippen molar-refractivity contribution in [2.24, 2.45) is 7.05 Å². The minimum absolute atomic E-state index is 0.787. The fourth-order valence-electron chi connectivity index (χ4n) is 2.57. The van der Waals surface area contributed by atoms with Crippen LogP contribution in [-0.2, 0) is 13.5 Å². The smallest absolute Gasteiger partial charge is 0.102 e. The van der Waals surface area contributed by atoms with Gasteiger partial charge < -0.3 is 4.57 Å². The molecule has 2 heteroatoms. The third kappa shape index (κ3) is 1.90. The van der Waals surface area contributed by atoms with E-state index in [1.807, 2.05) is 43.4 Å². The van der Waals surface area contributed by atoms with E-state index in [4.69, 9.17) is 0 Å². The Morgan fingerprint density at radius 2 is 1.68 bits per heavy atom. The van der Waals surface area contributed by atoms with Gasteiger partial charge in [-0.3, -0.25) is 0 Å². The van der Waals surface area contributed by atoms with E-state index < -0.39 is 0 Å². The molecule has 0 radical (unpaired) electrons. The van der Waals surface area contributed by atoms with Crippen LogP contribution in [0.1, 0.15) is 16.8 Å². The number of hydrogen-bond acceptors (Lipinski definition) is 1. The Morgan fingerprint density at radius 1 is 1.00 bits per heavy atom. The second kappa shape index (κ2) is 4.62. The number of fused-ring (bicyclic) bond motifs is 1. The molecule has 0 unspecified atom stereocenters. The molecule has 2 nitrogen and oxygen atoms in total. The first kappa shape index (κ1) is 11.6. The normalized spacial score (nSPS) is 10.5. The van der Waals surface area contributed by atoms with Crippen molar-refractivity contribution < 1.29 is 0 Å². The summed E-state index contributed by atoms with van der Waals surface area (Å²) < 4.78 is 2.13. The van der Waals surface area contributed by atoms with Crippen molar-refractivity contribution in [2.45, 2.75) is 6.42 Å². The highest BCUT2D eigenvalue weighted by molar-refractivity contribution is 5.88. The van der Waals surface area contributed by atoms with Crippen LogP contribution in [-0.4, -0.2) is 4.57 Å². The van der Waals surface area contributed by atoms with Gasteiger partial charge in [0.25, 0.3) is 0 Å². The van der Waals surface area contributed by atoms with Gasteiger partial charge in [0.2, 0.25) is 0 Å². The lowest BCUT2D eigenvalue weighted by Gasteiger charge is -2.05. The maximum Gasteiger partial charge on any atom is 0.102 e. The zero-order chi connectivity index (χ0) is 13.2. The standard InChI is InChI=1S/C17H14N2/c1-19-16-10-6-5-9-14(16)15(12-18)17(19)11-13-7-3-2-4-8-13/h2-10H,11H2,1H3. The molecular formula is C17H14N2. The van der Waals surface area contributed by atoms with Gasteiger partial charge in [0.1, 0.15) is 6.07 Å². The summed E-state index contributed by atoms with van der Waals surface area (Å²) in [5, 5.41) is 10.5. The molecule has 3 rings (SSSR count). The fraction of sp³-hybridized carbons (Fsp3) is 0.118. The van der Waals surface area contributed by atoms with Crippen molar-refractivity contribution in [3.8, 4) is 6.07 Å².